The number of likely N-dealkylation sites (tertiary alicyclic amines) is 1. The number of nitrogens with zero attached hydrogens (tertiary/aromatic N) is 1. The van der Waals surface area contributed by atoms with Crippen LogP contribution >= 0.6 is 0 Å². The Morgan fingerprint density at radius 1 is 1.11 bits per heavy atom. The van der Waals surface area contributed by atoms with E-state index in [1.165, 1.54) is 0 Å². The van der Waals surface area contributed by atoms with Crippen LogP contribution in [0.25, 0.3) is 0 Å². The summed E-state index contributed by atoms with van der Waals surface area (Å²) in [6.45, 7) is 5.73. The highest BCUT2D eigenvalue weighted by molar-refractivity contribution is 5.86. The van der Waals surface area contributed by atoms with Gasteiger partial charge < -0.3 is 15.3 Å². The molecular formula is C14H24N2O3. The zero-order valence-electron chi connectivity index (χ0n) is 11.9. The van der Waals surface area contributed by atoms with Crippen molar-refractivity contribution in [1.29, 1.82) is 0 Å². The van der Waals surface area contributed by atoms with Crippen molar-refractivity contribution in [2.45, 2.75) is 57.9 Å². The van der Waals surface area contributed by atoms with E-state index < -0.39 is 11.5 Å². The molecule has 0 aromatic carbocycles. The minimum atomic E-state index is -1.03. The Morgan fingerprint density at radius 2 is 1.74 bits per heavy atom. The van der Waals surface area contributed by atoms with Gasteiger partial charge in [-0.3, -0.25) is 0 Å². The summed E-state index contributed by atoms with van der Waals surface area (Å²) in [6, 6.07) is -0.211. The molecule has 2 amide bonds. The molecule has 2 rings (SSSR count). The molecular weight excluding hydrogens is 244 g/mol. The van der Waals surface area contributed by atoms with Gasteiger partial charge in [-0.15, -0.1) is 0 Å². The summed E-state index contributed by atoms with van der Waals surface area (Å²) in [7, 11) is 0. The van der Waals surface area contributed by atoms with Gasteiger partial charge in [0.1, 0.15) is 5.54 Å². The van der Waals surface area contributed by atoms with Crippen molar-refractivity contribution in [3.63, 3.8) is 0 Å². The monoisotopic (exact) mass is 268 g/mol. The first-order valence-electron chi connectivity index (χ1n) is 7.15. The first-order chi connectivity index (χ1) is 8.85. The molecule has 0 aromatic rings. The van der Waals surface area contributed by atoms with Gasteiger partial charge in [-0.25, -0.2) is 9.59 Å². The van der Waals surface area contributed by atoms with Crippen molar-refractivity contribution in [1.82, 2.24) is 10.2 Å². The van der Waals surface area contributed by atoms with E-state index in [-0.39, 0.29) is 11.4 Å². The Labute approximate surface area is 114 Å². The van der Waals surface area contributed by atoms with Crippen LogP contribution in [0.2, 0.25) is 0 Å². The molecule has 0 aromatic heterocycles. The molecule has 5 nitrogen and oxygen atoms in total. The van der Waals surface area contributed by atoms with E-state index in [9.17, 15) is 14.7 Å². The van der Waals surface area contributed by atoms with E-state index in [4.69, 9.17) is 0 Å². The van der Waals surface area contributed by atoms with Gasteiger partial charge in [0.2, 0.25) is 0 Å². The van der Waals surface area contributed by atoms with Crippen LogP contribution in [-0.4, -0.2) is 40.6 Å². The fraction of sp³-hybridized carbons (Fsp3) is 0.857. The largest absolute Gasteiger partial charge is 0.480 e. The second-order valence-corrected chi connectivity index (χ2v) is 6.71. The fourth-order valence-corrected chi connectivity index (χ4v) is 3.25. The van der Waals surface area contributed by atoms with E-state index in [2.05, 4.69) is 19.2 Å². The van der Waals surface area contributed by atoms with E-state index in [1.54, 1.807) is 4.90 Å². The molecule has 108 valence electrons. The maximum Gasteiger partial charge on any atom is 0.329 e. The molecule has 2 fully saturated rings. The van der Waals surface area contributed by atoms with Crippen LogP contribution in [0.5, 0.6) is 0 Å². The number of aliphatic carboxylic acids is 1. The number of hydrogen-bond acceptors (Lipinski definition) is 2. The van der Waals surface area contributed by atoms with Gasteiger partial charge in [0.05, 0.1) is 0 Å². The van der Waals surface area contributed by atoms with Gasteiger partial charge in [-0.05, 0) is 31.1 Å². The van der Waals surface area contributed by atoms with Crippen LogP contribution < -0.4 is 5.32 Å². The maximum atomic E-state index is 12.3. The lowest BCUT2D eigenvalue weighted by Gasteiger charge is -2.39. The second-order valence-electron chi connectivity index (χ2n) is 6.71. The van der Waals surface area contributed by atoms with E-state index in [1.807, 2.05) is 0 Å². The zero-order valence-corrected chi connectivity index (χ0v) is 11.9. The first kappa shape index (κ1) is 14.2. The average molecular weight is 268 g/mol. The summed E-state index contributed by atoms with van der Waals surface area (Å²) in [4.78, 5) is 25.5. The molecule has 0 radical (unpaired) electrons. The highest BCUT2D eigenvalue weighted by atomic mass is 16.4. The van der Waals surface area contributed by atoms with Crippen molar-refractivity contribution in [3.8, 4) is 0 Å². The van der Waals surface area contributed by atoms with Gasteiger partial charge in [0, 0.05) is 13.1 Å². The lowest BCUT2D eigenvalue weighted by Crippen LogP contribution is -2.58. The molecule has 1 heterocycles. The third-order valence-corrected chi connectivity index (χ3v) is 4.40. The summed E-state index contributed by atoms with van der Waals surface area (Å²) in [5, 5.41) is 12.2. The Balaban J connectivity index is 2.02. The van der Waals surface area contributed by atoms with Gasteiger partial charge in [0.15, 0.2) is 0 Å². The van der Waals surface area contributed by atoms with Crippen LogP contribution in [0.15, 0.2) is 0 Å². The van der Waals surface area contributed by atoms with Gasteiger partial charge >= 0.3 is 12.0 Å². The van der Waals surface area contributed by atoms with Crippen LogP contribution in [0, 0.1) is 5.41 Å². The summed E-state index contributed by atoms with van der Waals surface area (Å²) in [5.74, 6) is -0.894. The van der Waals surface area contributed by atoms with Crippen molar-refractivity contribution >= 4 is 12.0 Å². The number of amides is 2. The lowest BCUT2D eigenvalue weighted by atomic mass is 9.84. The highest BCUT2D eigenvalue weighted by Crippen LogP contribution is 2.32. The van der Waals surface area contributed by atoms with Crippen LogP contribution in [-0.2, 0) is 4.79 Å². The summed E-state index contributed by atoms with van der Waals surface area (Å²) in [6.07, 6.45) is 4.94. The Hall–Kier alpha value is -1.26. The number of piperidine rings is 1. The van der Waals surface area contributed by atoms with Crippen molar-refractivity contribution < 1.29 is 14.7 Å². The number of carboxylic acid groups (broad SMARTS) is 1. The molecule has 2 N–H and O–H groups in total. The summed E-state index contributed by atoms with van der Waals surface area (Å²) < 4.78 is 0. The topological polar surface area (TPSA) is 69.6 Å². The number of carbonyl (C=O) groups is 2. The Bertz CT molecular complexity index is 373. The normalized spacial score (nSPS) is 25.1. The number of rotatable bonds is 2. The number of carboxylic acids is 1. The predicted molar refractivity (Wildman–Crippen MR) is 72.0 cm³/mol. The van der Waals surface area contributed by atoms with Crippen LogP contribution in [0.1, 0.15) is 52.4 Å². The molecule has 0 unspecified atom stereocenters. The SMILES string of the molecule is CC1(C)CCCN(C(=O)NC2(C(=O)O)CCCC2)C1. The fourth-order valence-electron chi connectivity index (χ4n) is 3.25. The Morgan fingerprint density at radius 3 is 2.26 bits per heavy atom. The molecule has 0 atom stereocenters. The first-order valence-corrected chi connectivity index (χ1v) is 7.15. The number of carbonyl (C=O) groups excluding carboxylic acids is 1. The number of hydrogen-bond donors (Lipinski definition) is 2. The van der Waals surface area contributed by atoms with Crippen molar-refractivity contribution in [2.75, 3.05) is 13.1 Å². The summed E-state index contributed by atoms with van der Waals surface area (Å²) >= 11 is 0. The lowest BCUT2D eigenvalue weighted by molar-refractivity contribution is -0.144. The smallest absolute Gasteiger partial charge is 0.329 e. The molecule has 1 aliphatic carbocycles. The third-order valence-electron chi connectivity index (χ3n) is 4.40. The van der Waals surface area contributed by atoms with E-state index >= 15 is 0 Å². The molecule has 5 heteroatoms. The molecule has 2 aliphatic rings. The molecule has 19 heavy (non-hydrogen) atoms. The zero-order chi connectivity index (χ0) is 14.1. The molecule has 1 saturated heterocycles. The van der Waals surface area contributed by atoms with Gasteiger partial charge in [-0.2, -0.15) is 0 Å². The van der Waals surface area contributed by atoms with E-state index in [0.29, 0.717) is 19.4 Å². The quantitative estimate of drug-likeness (QED) is 0.806. The molecule has 1 aliphatic heterocycles. The molecule has 0 spiro atoms. The van der Waals surface area contributed by atoms with Gasteiger partial charge in [0.25, 0.3) is 0 Å². The number of urea groups is 1. The Kier molecular flexibility index (Phi) is 3.74. The maximum absolute atomic E-state index is 12.3. The predicted octanol–water partition coefficient (Wildman–Crippen LogP) is 2.22. The van der Waals surface area contributed by atoms with Crippen molar-refractivity contribution in [2.24, 2.45) is 5.41 Å². The molecule has 0 bridgehead atoms. The molecule has 1 saturated carbocycles. The second kappa shape index (κ2) is 5.02. The highest BCUT2D eigenvalue weighted by Gasteiger charge is 2.44. The number of nitrogens with one attached hydrogen (secondary N) is 1. The van der Waals surface area contributed by atoms with Crippen LogP contribution in [0.4, 0.5) is 4.79 Å². The van der Waals surface area contributed by atoms with Gasteiger partial charge in [-0.1, -0.05) is 26.7 Å². The minimum absolute atomic E-state index is 0.127. The average Bonchev–Trinajstić information content (AvgIpc) is 2.77. The summed E-state index contributed by atoms with van der Waals surface area (Å²) in [5.41, 5.74) is -0.902. The van der Waals surface area contributed by atoms with Crippen molar-refractivity contribution in [3.05, 3.63) is 0 Å². The standard InChI is InChI=1S/C14H24N2O3/c1-13(2)6-5-9-16(10-13)12(19)15-14(11(17)18)7-3-4-8-14/h3-10H2,1-2H3,(H,15,19)(H,17,18). The van der Waals surface area contributed by atoms with Crippen LogP contribution in [0.3, 0.4) is 0 Å². The third kappa shape index (κ3) is 3.01. The minimum Gasteiger partial charge on any atom is -0.480 e. The van der Waals surface area contributed by atoms with E-state index in [0.717, 1.165) is 32.2 Å².